The molecule has 7 nitrogen and oxygen atoms in total. The van der Waals surface area contributed by atoms with Crippen LogP contribution in [0.4, 0.5) is 10.5 Å². The average Bonchev–Trinajstić information content (AvgIpc) is 2.67. The van der Waals surface area contributed by atoms with Crippen LogP contribution in [0.2, 0.25) is 0 Å². The maximum Gasteiger partial charge on any atom is 0.407 e. The first-order valence-corrected chi connectivity index (χ1v) is 9.87. The van der Waals surface area contributed by atoms with Crippen LogP contribution in [-0.2, 0) is 27.3 Å². The van der Waals surface area contributed by atoms with Crippen LogP contribution < -0.4 is 16.0 Å². The van der Waals surface area contributed by atoms with E-state index in [1.807, 2.05) is 42.5 Å². The predicted octanol–water partition coefficient (Wildman–Crippen LogP) is 3.40. The van der Waals surface area contributed by atoms with Gasteiger partial charge in [0.15, 0.2) is 0 Å². The molecule has 7 heteroatoms. The van der Waals surface area contributed by atoms with Gasteiger partial charge in [0.05, 0.1) is 6.42 Å². The Balaban J connectivity index is 1.69. The zero-order chi connectivity index (χ0) is 22.0. The Labute approximate surface area is 177 Å². The monoisotopic (exact) mass is 411 g/mol. The highest BCUT2D eigenvalue weighted by Gasteiger charge is 2.15. The van der Waals surface area contributed by atoms with Gasteiger partial charge in [0.1, 0.15) is 5.60 Å². The number of rotatable bonds is 8. The highest BCUT2D eigenvalue weighted by molar-refractivity contribution is 5.91. The number of carbonyl (C=O) groups is 3. The standard InChI is InChI=1S/C23H29N3O4/c1-23(2,3)30-22(29)24-14-13-20(27)26-19-11-9-18(10-12-19)16-25-21(28)15-17-7-5-4-6-8-17/h4-12H,13-16H2,1-3H3,(H,24,29)(H,25,28)(H,26,27). The normalized spacial score (nSPS) is 10.8. The molecular formula is C23H29N3O4. The van der Waals surface area contributed by atoms with E-state index in [9.17, 15) is 14.4 Å². The zero-order valence-electron chi connectivity index (χ0n) is 17.7. The SMILES string of the molecule is CC(C)(C)OC(=O)NCCC(=O)Nc1ccc(CNC(=O)Cc2ccccc2)cc1. The Morgan fingerprint density at radius 1 is 0.833 bits per heavy atom. The Morgan fingerprint density at radius 3 is 2.13 bits per heavy atom. The van der Waals surface area contributed by atoms with Gasteiger partial charge in [-0.3, -0.25) is 9.59 Å². The maximum atomic E-state index is 12.0. The van der Waals surface area contributed by atoms with Crippen LogP contribution in [0, 0.1) is 0 Å². The summed E-state index contributed by atoms with van der Waals surface area (Å²) in [6.07, 6.45) is -0.0722. The van der Waals surface area contributed by atoms with E-state index in [0.717, 1.165) is 11.1 Å². The second-order valence-electron chi connectivity index (χ2n) is 7.86. The van der Waals surface area contributed by atoms with E-state index < -0.39 is 11.7 Å². The quantitative estimate of drug-likeness (QED) is 0.620. The van der Waals surface area contributed by atoms with Gasteiger partial charge in [0.2, 0.25) is 11.8 Å². The third kappa shape index (κ3) is 9.23. The van der Waals surface area contributed by atoms with Gasteiger partial charge in [0.25, 0.3) is 0 Å². The topological polar surface area (TPSA) is 96.5 Å². The van der Waals surface area contributed by atoms with Crippen LogP contribution in [-0.4, -0.2) is 30.1 Å². The molecule has 0 spiro atoms. The number of anilines is 1. The molecule has 2 aromatic carbocycles. The molecule has 0 aromatic heterocycles. The molecule has 0 saturated heterocycles. The van der Waals surface area contributed by atoms with E-state index in [1.165, 1.54) is 0 Å². The number of ether oxygens (including phenoxy) is 1. The van der Waals surface area contributed by atoms with Gasteiger partial charge >= 0.3 is 6.09 Å². The van der Waals surface area contributed by atoms with Crippen molar-refractivity contribution in [3.8, 4) is 0 Å². The van der Waals surface area contributed by atoms with Crippen molar-refractivity contribution in [1.82, 2.24) is 10.6 Å². The number of nitrogens with one attached hydrogen (secondary N) is 3. The summed E-state index contributed by atoms with van der Waals surface area (Å²) < 4.78 is 5.11. The van der Waals surface area contributed by atoms with Crippen LogP contribution in [0.25, 0.3) is 0 Å². The van der Waals surface area contributed by atoms with Gasteiger partial charge < -0.3 is 20.7 Å². The second-order valence-corrected chi connectivity index (χ2v) is 7.86. The molecule has 0 aliphatic carbocycles. The first-order chi connectivity index (χ1) is 14.2. The van der Waals surface area contributed by atoms with Crippen LogP contribution in [0.3, 0.4) is 0 Å². The summed E-state index contributed by atoms with van der Waals surface area (Å²) >= 11 is 0. The van der Waals surface area contributed by atoms with Crippen molar-refractivity contribution in [2.75, 3.05) is 11.9 Å². The molecule has 0 heterocycles. The van der Waals surface area contributed by atoms with Crippen LogP contribution >= 0.6 is 0 Å². The lowest BCUT2D eigenvalue weighted by Gasteiger charge is -2.19. The highest BCUT2D eigenvalue weighted by atomic mass is 16.6. The van der Waals surface area contributed by atoms with Crippen molar-refractivity contribution < 1.29 is 19.1 Å². The first-order valence-electron chi connectivity index (χ1n) is 9.87. The highest BCUT2D eigenvalue weighted by Crippen LogP contribution is 2.10. The molecular weight excluding hydrogens is 382 g/mol. The Morgan fingerprint density at radius 2 is 1.50 bits per heavy atom. The van der Waals surface area contributed by atoms with Crippen molar-refractivity contribution in [3.63, 3.8) is 0 Å². The van der Waals surface area contributed by atoms with Crippen LogP contribution in [0.5, 0.6) is 0 Å². The van der Waals surface area contributed by atoms with Gasteiger partial charge in [-0.05, 0) is 44.0 Å². The largest absolute Gasteiger partial charge is 0.444 e. The minimum atomic E-state index is -0.574. The number of benzene rings is 2. The molecule has 0 fully saturated rings. The van der Waals surface area contributed by atoms with Crippen molar-refractivity contribution in [3.05, 3.63) is 65.7 Å². The Bertz CT molecular complexity index is 843. The van der Waals surface area contributed by atoms with Gasteiger partial charge in [-0.15, -0.1) is 0 Å². The van der Waals surface area contributed by atoms with E-state index in [2.05, 4.69) is 16.0 Å². The number of amides is 3. The molecule has 0 unspecified atom stereocenters. The number of hydrogen-bond donors (Lipinski definition) is 3. The summed E-state index contributed by atoms with van der Waals surface area (Å²) in [5, 5.41) is 8.20. The fourth-order valence-electron chi connectivity index (χ4n) is 2.57. The fourth-order valence-corrected chi connectivity index (χ4v) is 2.57. The van der Waals surface area contributed by atoms with E-state index >= 15 is 0 Å². The lowest BCUT2D eigenvalue weighted by molar-refractivity contribution is -0.120. The lowest BCUT2D eigenvalue weighted by atomic mass is 10.1. The first kappa shape index (κ1) is 22.9. The second kappa shape index (κ2) is 11.0. The number of carbonyl (C=O) groups excluding carboxylic acids is 3. The summed E-state index contributed by atoms with van der Waals surface area (Å²) in [4.78, 5) is 35.6. The minimum Gasteiger partial charge on any atom is -0.444 e. The molecule has 0 aliphatic heterocycles. The van der Waals surface area contributed by atoms with Crippen molar-refractivity contribution in [2.24, 2.45) is 0 Å². The third-order valence-electron chi connectivity index (χ3n) is 3.96. The smallest absolute Gasteiger partial charge is 0.407 e. The van der Waals surface area contributed by atoms with Gasteiger partial charge in [-0.25, -0.2) is 4.79 Å². The van der Waals surface area contributed by atoms with Crippen molar-refractivity contribution >= 4 is 23.6 Å². The van der Waals surface area contributed by atoms with Crippen molar-refractivity contribution in [2.45, 2.75) is 45.8 Å². The molecule has 0 radical (unpaired) electrons. The molecule has 0 aliphatic rings. The van der Waals surface area contributed by atoms with Crippen molar-refractivity contribution in [1.29, 1.82) is 0 Å². The Hall–Kier alpha value is -3.35. The van der Waals surface area contributed by atoms with Gasteiger partial charge in [-0.2, -0.15) is 0 Å². The summed E-state index contributed by atoms with van der Waals surface area (Å²) in [6, 6.07) is 16.8. The van der Waals surface area contributed by atoms with Gasteiger partial charge in [-0.1, -0.05) is 42.5 Å². The van der Waals surface area contributed by atoms with Gasteiger partial charge in [0, 0.05) is 25.2 Å². The Kier molecular flexibility index (Phi) is 8.41. The van der Waals surface area contributed by atoms with Crippen LogP contribution in [0.1, 0.15) is 38.3 Å². The van der Waals surface area contributed by atoms with E-state index in [4.69, 9.17) is 4.74 Å². The average molecular weight is 412 g/mol. The molecule has 0 bridgehead atoms. The molecule has 160 valence electrons. The molecule has 2 rings (SSSR count). The lowest BCUT2D eigenvalue weighted by Crippen LogP contribution is -2.34. The molecule has 2 aromatic rings. The number of alkyl carbamates (subject to hydrolysis) is 1. The van der Waals surface area contributed by atoms with E-state index in [-0.39, 0.29) is 24.8 Å². The zero-order valence-corrected chi connectivity index (χ0v) is 17.7. The molecule has 30 heavy (non-hydrogen) atoms. The summed E-state index contributed by atoms with van der Waals surface area (Å²) in [7, 11) is 0. The third-order valence-corrected chi connectivity index (χ3v) is 3.96. The minimum absolute atomic E-state index is 0.0453. The number of hydrogen-bond acceptors (Lipinski definition) is 4. The molecule has 0 saturated carbocycles. The fraction of sp³-hybridized carbons (Fsp3) is 0.348. The van der Waals surface area contributed by atoms with Crippen LogP contribution in [0.15, 0.2) is 54.6 Å². The summed E-state index contributed by atoms with van der Waals surface area (Å²) in [5.41, 5.74) is 1.97. The molecule has 0 atom stereocenters. The summed E-state index contributed by atoms with van der Waals surface area (Å²) in [6.45, 7) is 5.93. The maximum absolute atomic E-state index is 12.0. The van der Waals surface area contributed by atoms with E-state index in [0.29, 0.717) is 18.7 Å². The predicted molar refractivity (Wildman–Crippen MR) is 116 cm³/mol. The van der Waals surface area contributed by atoms with E-state index in [1.54, 1.807) is 32.9 Å². The summed E-state index contributed by atoms with van der Waals surface area (Å²) in [5.74, 6) is -0.258. The molecule has 3 N–H and O–H groups in total. The molecule has 3 amide bonds.